The van der Waals surface area contributed by atoms with E-state index >= 15 is 0 Å². The molecule has 20 heavy (non-hydrogen) atoms. The van der Waals surface area contributed by atoms with Gasteiger partial charge >= 0.3 is 5.97 Å². The maximum Gasteiger partial charge on any atom is 0.321 e. The van der Waals surface area contributed by atoms with Gasteiger partial charge in [-0.3, -0.25) is 4.79 Å². The van der Waals surface area contributed by atoms with Crippen molar-refractivity contribution in [2.45, 2.75) is 11.8 Å². The van der Waals surface area contributed by atoms with Gasteiger partial charge in [-0.05, 0) is 28.9 Å². The molecule has 1 aromatic rings. The number of hydrogen-bond donors (Lipinski definition) is 2. The van der Waals surface area contributed by atoms with E-state index in [0.29, 0.717) is 0 Å². The SMILES string of the molecule is CCOC(=O)CNS(=O)(=O)c1cc(Cl)c(Br)c(N)c1F. The number of anilines is 1. The first-order chi connectivity index (χ1) is 9.20. The van der Waals surface area contributed by atoms with E-state index in [0.717, 1.165) is 6.07 Å². The predicted octanol–water partition coefficient (Wildman–Crippen LogP) is 1.67. The van der Waals surface area contributed by atoms with Crippen molar-refractivity contribution in [3.63, 3.8) is 0 Å². The number of sulfonamides is 1. The van der Waals surface area contributed by atoms with Gasteiger partial charge in [-0.1, -0.05) is 11.6 Å². The Bertz CT molecular complexity index is 639. The van der Waals surface area contributed by atoms with Crippen molar-refractivity contribution in [2.75, 3.05) is 18.9 Å². The van der Waals surface area contributed by atoms with Crippen LogP contribution in [0.2, 0.25) is 5.02 Å². The van der Waals surface area contributed by atoms with Crippen LogP contribution >= 0.6 is 27.5 Å². The second-order valence-corrected chi connectivity index (χ2v) is 6.46. The molecule has 0 bridgehead atoms. The molecule has 0 aliphatic heterocycles. The van der Waals surface area contributed by atoms with Crippen LogP contribution in [0.3, 0.4) is 0 Å². The first kappa shape index (κ1) is 17.2. The zero-order valence-corrected chi connectivity index (χ0v) is 13.4. The zero-order chi connectivity index (χ0) is 15.5. The second-order valence-electron chi connectivity index (χ2n) is 3.53. The lowest BCUT2D eigenvalue weighted by Gasteiger charge is -2.10. The molecule has 0 unspecified atom stereocenters. The fourth-order valence-electron chi connectivity index (χ4n) is 1.24. The smallest absolute Gasteiger partial charge is 0.321 e. The van der Waals surface area contributed by atoms with Crippen LogP contribution in [0.4, 0.5) is 10.1 Å². The molecule has 1 aromatic carbocycles. The fourth-order valence-corrected chi connectivity index (χ4v) is 2.89. The number of halogens is 3. The molecule has 0 spiro atoms. The number of benzene rings is 1. The molecule has 0 aliphatic rings. The summed E-state index contributed by atoms with van der Waals surface area (Å²) in [5.41, 5.74) is 4.96. The molecule has 0 atom stereocenters. The summed E-state index contributed by atoms with van der Waals surface area (Å²) < 4.78 is 44.2. The Morgan fingerprint density at radius 3 is 2.75 bits per heavy atom. The molecule has 112 valence electrons. The zero-order valence-electron chi connectivity index (χ0n) is 10.2. The molecule has 0 amide bonds. The van der Waals surface area contributed by atoms with E-state index in [4.69, 9.17) is 17.3 Å². The van der Waals surface area contributed by atoms with Gasteiger partial charge in [0.05, 0.1) is 21.8 Å². The third-order valence-corrected chi connectivity index (χ3v) is 4.94. The highest BCUT2D eigenvalue weighted by Crippen LogP contribution is 2.34. The Hall–Kier alpha value is -0.900. The first-order valence-corrected chi connectivity index (χ1v) is 7.94. The number of nitrogen functional groups attached to an aromatic ring is 1. The summed E-state index contributed by atoms with van der Waals surface area (Å²) in [5.74, 6) is -1.94. The van der Waals surface area contributed by atoms with Crippen molar-refractivity contribution in [1.82, 2.24) is 4.72 Å². The molecule has 3 N–H and O–H groups in total. The highest BCUT2D eigenvalue weighted by Gasteiger charge is 2.24. The predicted molar refractivity (Wildman–Crippen MR) is 75.3 cm³/mol. The molecule has 0 heterocycles. The molecular formula is C10H11BrClFN2O4S. The number of nitrogens with one attached hydrogen (secondary N) is 1. The van der Waals surface area contributed by atoms with E-state index in [-0.39, 0.29) is 16.1 Å². The number of carbonyl (C=O) groups is 1. The highest BCUT2D eigenvalue weighted by atomic mass is 79.9. The van der Waals surface area contributed by atoms with E-state index in [2.05, 4.69) is 20.7 Å². The minimum absolute atomic E-state index is 0.0565. The molecule has 0 saturated heterocycles. The number of hydrogen-bond acceptors (Lipinski definition) is 5. The van der Waals surface area contributed by atoms with E-state index in [1.165, 1.54) is 0 Å². The quantitative estimate of drug-likeness (QED) is 0.453. The van der Waals surface area contributed by atoms with Crippen molar-refractivity contribution in [1.29, 1.82) is 0 Å². The van der Waals surface area contributed by atoms with Crippen LogP contribution in [-0.2, 0) is 19.6 Å². The molecular weight excluding hydrogens is 379 g/mol. The second kappa shape index (κ2) is 6.70. The van der Waals surface area contributed by atoms with Crippen molar-refractivity contribution in [2.24, 2.45) is 0 Å². The van der Waals surface area contributed by atoms with Gasteiger partial charge in [0.25, 0.3) is 0 Å². The Labute approximate surface area is 128 Å². The van der Waals surface area contributed by atoms with Gasteiger partial charge in [-0.15, -0.1) is 0 Å². The summed E-state index contributed by atoms with van der Waals surface area (Å²) in [7, 11) is -4.28. The van der Waals surface area contributed by atoms with Gasteiger partial charge in [0.1, 0.15) is 11.4 Å². The third kappa shape index (κ3) is 3.81. The van der Waals surface area contributed by atoms with Gasteiger partial charge < -0.3 is 10.5 Å². The number of nitrogens with two attached hydrogens (primary N) is 1. The number of esters is 1. The summed E-state index contributed by atoms with van der Waals surface area (Å²) in [6, 6.07) is 0.894. The van der Waals surface area contributed by atoms with Crippen LogP contribution in [0.25, 0.3) is 0 Å². The summed E-state index contributed by atoms with van der Waals surface area (Å²) >= 11 is 8.66. The average molecular weight is 390 g/mol. The fraction of sp³-hybridized carbons (Fsp3) is 0.300. The van der Waals surface area contributed by atoms with Gasteiger partial charge in [-0.25, -0.2) is 12.8 Å². The summed E-state index contributed by atoms with van der Waals surface area (Å²) in [6.45, 7) is 1.05. The summed E-state index contributed by atoms with van der Waals surface area (Å²) in [5, 5.41) is -0.0691. The summed E-state index contributed by atoms with van der Waals surface area (Å²) in [4.78, 5) is 10.3. The lowest BCUT2D eigenvalue weighted by Crippen LogP contribution is -2.31. The molecule has 6 nitrogen and oxygen atoms in total. The Kier molecular flexibility index (Phi) is 5.75. The van der Waals surface area contributed by atoms with Crippen LogP contribution in [0.5, 0.6) is 0 Å². The van der Waals surface area contributed by atoms with Crippen LogP contribution < -0.4 is 10.5 Å². The van der Waals surface area contributed by atoms with Crippen molar-refractivity contribution in [3.8, 4) is 0 Å². The molecule has 0 radical (unpaired) electrons. The first-order valence-electron chi connectivity index (χ1n) is 5.29. The largest absolute Gasteiger partial charge is 0.465 e. The number of ether oxygens (including phenoxy) is 1. The molecule has 0 saturated carbocycles. The van der Waals surface area contributed by atoms with Crippen molar-refractivity contribution >= 4 is 49.2 Å². The van der Waals surface area contributed by atoms with Crippen LogP contribution in [0.1, 0.15) is 6.92 Å². The Morgan fingerprint density at radius 1 is 1.60 bits per heavy atom. The Balaban J connectivity index is 3.08. The van der Waals surface area contributed by atoms with Crippen LogP contribution in [0, 0.1) is 5.82 Å². The lowest BCUT2D eigenvalue weighted by molar-refractivity contribution is -0.141. The highest BCUT2D eigenvalue weighted by molar-refractivity contribution is 9.10. The lowest BCUT2D eigenvalue weighted by atomic mass is 10.3. The molecule has 0 aliphatic carbocycles. The van der Waals surface area contributed by atoms with E-state index in [1.54, 1.807) is 6.92 Å². The topological polar surface area (TPSA) is 98.5 Å². The van der Waals surface area contributed by atoms with E-state index < -0.39 is 38.9 Å². The normalized spacial score (nSPS) is 11.4. The van der Waals surface area contributed by atoms with Crippen LogP contribution in [-0.4, -0.2) is 27.5 Å². The van der Waals surface area contributed by atoms with Gasteiger partial charge in [-0.2, -0.15) is 4.72 Å². The van der Waals surface area contributed by atoms with Gasteiger partial charge in [0, 0.05) is 0 Å². The average Bonchev–Trinajstić information content (AvgIpc) is 2.38. The van der Waals surface area contributed by atoms with Crippen LogP contribution in [0.15, 0.2) is 15.4 Å². The Morgan fingerprint density at radius 2 is 2.20 bits per heavy atom. The molecule has 10 heteroatoms. The van der Waals surface area contributed by atoms with Gasteiger partial charge in [0.15, 0.2) is 5.82 Å². The maximum atomic E-state index is 13.9. The molecule has 0 fully saturated rings. The minimum Gasteiger partial charge on any atom is -0.465 e. The van der Waals surface area contributed by atoms with Crippen molar-refractivity contribution in [3.05, 3.63) is 21.4 Å². The standard InChI is InChI=1S/C10H11BrClFN2O4S/c1-2-19-7(16)4-15-20(17,18)6-3-5(12)8(11)10(14)9(6)13/h3,15H,2,4,14H2,1H3. The number of rotatable bonds is 5. The molecule has 0 aromatic heterocycles. The van der Waals surface area contributed by atoms with E-state index in [1.807, 2.05) is 4.72 Å². The number of carbonyl (C=O) groups excluding carboxylic acids is 1. The maximum absolute atomic E-state index is 13.9. The van der Waals surface area contributed by atoms with Crippen molar-refractivity contribution < 1.29 is 22.3 Å². The van der Waals surface area contributed by atoms with Gasteiger partial charge in [0.2, 0.25) is 10.0 Å². The summed E-state index contributed by atoms with van der Waals surface area (Å²) in [6.07, 6.45) is 0. The molecule has 1 rings (SSSR count). The third-order valence-electron chi connectivity index (χ3n) is 2.16. The minimum atomic E-state index is -4.28. The monoisotopic (exact) mass is 388 g/mol. The van der Waals surface area contributed by atoms with E-state index in [9.17, 15) is 17.6 Å².